The Labute approximate surface area is 78.5 Å². The fourth-order valence-electron chi connectivity index (χ4n) is 0.819. The van der Waals surface area contributed by atoms with E-state index in [1.54, 1.807) is 6.07 Å². The van der Waals surface area contributed by atoms with Gasteiger partial charge in [0.05, 0.1) is 21.6 Å². The average Bonchev–Trinajstić information content (AvgIpc) is 2.09. The van der Waals surface area contributed by atoms with Crippen molar-refractivity contribution in [1.82, 2.24) is 0 Å². The minimum atomic E-state index is -0.679. The lowest BCUT2D eigenvalue weighted by Gasteiger charge is -1.99. The van der Waals surface area contributed by atoms with Gasteiger partial charge in [-0.1, -0.05) is 11.6 Å². The molecule has 0 bridgehead atoms. The molecule has 0 atom stereocenters. The first kappa shape index (κ1) is 9.29. The molecule has 0 amide bonds. The Kier molecular flexibility index (Phi) is 2.35. The summed E-state index contributed by atoms with van der Waals surface area (Å²) in [7, 11) is 0. The second kappa shape index (κ2) is 3.29. The minimum absolute atomic E-state index is 0.0192. The zero-order valence-electron chi connectivity index (χ0n) is 6.32. The number of nitrogens with two attached hydrogens (primary N) is 1. The third kappa shape index (κ3) is 1.68. The lowest BCUT2D eigenvalue weighted by Crippen LogP contribution is -1.97. The predicted molar refractivity (Wildman–Crippen MR) is 47.2 cm³/mol. The van der Waals surface area contributed by atoms with Crippen LogP contribution in [0.25, 0.3) is 0 Å². The minimum Gasteiger partial charge on any atom is -0.392 e. The number of hydrogen-bond acceptors (Lipinski definition) is 4. The maximum atomic E-state index is 10.4. The molecule has 0 saturated heterocycles. The molecule has 0 aliphatic carbocycles. The largest absolute Gasteiger partial charge is 0.392 e. The Bertz CT molecular complexity index is 411. The van der Waals surface area contributed by atoms with E-state index >= 15 is 0 Å². The van der Waals surface area contributed by atoms with Crippen LogP contribution in [0.15, 0.2) is 12.1 Å². The molecule has 0 spiro atoms. The van der Waals surface area contributed by atoms with Crippen LogP contribution < -0.4 is 5.73 Å². The van der Waals surface area contributed by atoms with Crippen molar-refractivity contribution in [3.05, 3.63) is 32.8 Å². The lowest BCUT2D eigenvalue weighted by atomic mass is 10.2. The van der Waals surface area contributed by atoms with Crippen molar-refractivity contribution in [2.24, 2.45) is 0 Å². The van der Waals surface area contributed by atoms with Gasteiger partial charge in [0.15, 0.2) is 0 Å². The average molecular weight is 198 g/mol. The fraction of sp³-hybridized carbons (Fsp3) is 0. The highest BCUT2D eigenvalue weighted by molar-refractivity contribution is 6.33. The summed E-state index contributed by atoms with van der Waals surface area (Å²) in [6.07, 6.45) is 0. The van der Waals surface area contributed by atoms with Crippen LogP contribution in [0.1, 0.15) is 5.56 Å². The molecule has 0 fully saturated rings. The number of halogens is 1. The van der Waals surface area contributed by atoms with Gasteiger partial charge in [0.1, 0.15) is 5.69 Å². The molecule has 0 aromatic heterocycles. The summed E-state index contributed by atoms with van der Waals surface area (Å²) in [5.74, 6) is 0. The van der Waals surface area contributed by atoms with E-state index in [1.165, 1.54) is 6.07 Å². The molecule has 6 heteroatoms. The van der Waals surface area contributed by atoms with Crippen molar-refractivity contribution in [1.29, 1.82) is 5.26 Å². The Morgan fingerprint density at radius 2 is 2.23 bits per heavy atom. The number of nitro groups is 1. The molecular weight excluding hydrogens is 194 g/mol. The van der Waals surface area contributed by atoms with E-state index in [9.17, 15) is 10.1 Å². The van der Waals surface area contributed by atoms with Crippen molar-refractivity contribution < 1.29 is 4.92 Å². The van der Waals surface area contributed by atoms with E-state index < -0.39 is 4.92 Å². The number of anilines is 1. The first-order chi connectivity index (χ1) is 6.06. The van der Waals surface area contributed by atoms with Crippen LogP contribution in [0.2, 0.25) is 5.02 Å². The molecule has 1 aromatic carbocycles. The summed E-state index contributed by atoms with van der Waals surface area (Å²) < 4.78 is 0. The third-order valence-corrected chi connectivity index (χ3v) is 1.75. The predicted octanol–water partition coefficient (Wildman–Crippen LogP) is 1.70. The Hall–Kier alpha value is -1.80. The van der Waals surface area contributed by atoms with E-state index in [2.05, 4.69) is 0 Å². The maximum absolute atomic E-state index is 10.4. The van der Waals surface area contributed by atoms with Crippen LogP contribution in [0.4, 0.5) is 11.4 Å². The maximum Gasteiger partial charge on any atom is 0.294 e. The molecule has 5 nitrogen and oxygen atoms in total. The van der Waals surface area contributed by atoms with Crippen LogP contribution in [0, 0.1) is 21.4 Å². The van der Waals surface area contributed by atoms with Crippen molar-refractivity contribution >= 4 is 23.0 Å². The number of nitrogen functional groups attached to an aromatic ring is 1. The normalized spacial score (nSPS) is 9.23. The Morgan fingerprint density at radius 3 is 2.69 bits per heavy atom. The van der Waals surface area contributed by atoms with Gasteiger partial charge < -0.3 is 5.73 Å². The molecule has 66 valence electrons. The fourth-order valence-corrected chi connectivity index (χ4v) is 1.03. The van der Waals surface area contributed by atoms with Crippen molar-refractivity contribution in [2.75, 3.05) is 5.73 Å². The van der Waals surface area contributed by atoms with Crippen molar-refractivity contribution in [3.63, 3.8) is 0 Å². The van der Waals surface area contributed by atoms with Crippen LogP contribution in [-0.4, -0.2) is 4.92 Å². The van der Waals surface area contributed by atoms with Crippen LogP contribution >= 0.6 is 11.6 Å². The number of nitriles is 1. The van der Waals surface area contributed by atoms with Crippen LogP contribution in [0.3, 0.4) is 0 Å². The zero-order chi connectivity index (χ0) is 10.0. The van der Waals surface area contributed by atoms with Gasteiger partial charge in [-0.25, -0.2) is 0 Å². The molecule has 0 radical (unpaired) electrons. The summed E-state index contributed by atoms with van der Waals surface area (Å²) in [5, 5.41) is 18.9. The number of hydrogen-bond donors (Lipinski definition) is 1. The molecule has 13 heavy (non-hydrogen) atoms. The highest BCUT2D eigenvalue weighted by Crippen LogP contribution is 2.30. The van der Waals surface area contributed by atoms with Gasteiger partial charge in [0.2, 0.25) is 0 Å². The lowest BCUT2D eigenvalue weighted by molar-refractivity contribution is -0.383. The molecule has 2 N–H and O–H groups in total. The smallest absolute Gasteiger partial charge is 0.294 e. The van der Waals surface area contributed by atoms with Gasteiger partial charge in [0, 0.05) is 6.07 Å². The van der Waals surface area contributed by atoms with Crippen LogP contribution in [-0.2, 0) is 0 Å². The summed E-state index contributed by atoms with van der Waals surface area (Å²) in [5.41, 5.74) is 4.98. The Morgan fingerprint density at radius 1 is 1.62 bits per heavy atom. The van der Waals surface area contributed by atoms with Gasteiger partial charge in [-0.3, -0.25) is 10.1 Å². The van der Waals surface area contributed by atoms with Crippen molar-refractivity contribution in [3.8, 4) is 6.07 Å². The quantitative estimate of drug-likeness (QED) is 0.421. The highest BCUT2D eigenvalue weighted by atomic mass is 35.5. The van der Waals surface area contributed by atoms with Gasteiger partial charge >= 0.3 is 0 Å². The number of nitrogens with zero attached hydrogens (tertiary/aromatic N) is 2. The van der Waals surface area contributed by atoms with Crippen LogP contribution in [0.5, 0.6) is 0 Å². The second-order valence-corrected chi connectivity index (χ2v) is 2.67. The SMILES string of the molecule is N#Cc1cc(Cl)c(N)c([N+](=O)[O-])c1. The van der Waals surface area contributed by atoms with E-state index in [1.807, 2.05) is 0 Å². The number of benzene rings is 1. The second-order valence-electron chi connectivity index (χ2n) is 2.26. The first-order valence-electron chi connectivity index (χ1n) is 3.19. The van der Waals surface area contributed by atoms with Gasteiger partial charge in [-0.15, -0.1) is 0 Å². The summed E-state index contributed by atoms with van der Waals surface area (Å²) >= 11 is 5.56. The zero-order valence-corrected chi connectivity index (χ0v) is 7.08. The monoisotopic (exact) mass is 197 g/mol. The number of nitro benzene ring substituents is 1. The standard InChI is InChI=1S/C7H4ClN3O2/c8-5-1-4(3-9)2-6(7(5)10)11(12)13/h1-2H,10H2. The molecule has 0 unspecified atom stereocenters. The molecule has 1 rings (SSSR count). The molecule has 0 saturated carbocycles. The Balaban J connectivity index is 3.44. The van der Waals surface area contributed by atoms with Crippen molar-refractivity contribution in [2.45, 2.75) is 0 Å². The van der Waals surface area contributed by atoms with Gasteiger partial charge in [-0.2, -0.15) is 5.26 Å². The first-order valence-corrected chi connectivity index (χ1v) is 3.57. The van der Waals surface area contributed by atoms with E-state index in [0.29, 0.717) is 0 Å². The summed E-state index contributed by atoms with van der Waals surface area (Å²) in [6, 6.07) is 4.11. The van der Waals surface area contributed by atoms with Gasteiger partial charge in [-0.05, 0) is 6.07 Å². The van der Waals surface area contributed by atoms with Gasteiger partial charge in [0.25, 0.3) is 5.69 Å². The molecule has 1 aromatic rings. The van der Waals surface area contributed by atoms with E-state index in [0.717, 1.165) is 6.07 Å². The molecule has 0 heterocycles. The topological polar surface area (TPSA) is 93.0 Å². The molecule has 0 aliphatic heterocycles. The number of rotatable bonds is 1. The van der Waals surface area contributed by atoms with E-state index in [4.69, 9.17) is 22.6 Å². The summed E-state index contributed by atoms with van der Waals surface area (Å²) in [6.45, 7) is 0. The summed E-state index contributed by atoms with van der Waals surface area (Å²) in [4.78, 5) is 9.72. The third-order valence-electron chi connectivity index (χ3n) is 1.43. The highest BCUT2D eigenvalue weighted by Gasteiger charge is 2.15. The van der Waals surface area contributed by atoms with E-state index in [-0.39, 0.29) is 22.0 Å². The molecule has 0 aliphatic rings. The molecular formula is C7H4ClN3O2.